The van der Waals surface area contributed by atoms with Crippen LogP contribution in [0.3, 0.4) is 0 Å². The highest BCUT2D eigenvalue weighted by atomic mass is 16.5. The highest BCUT2D eigenvalue weighted by Gasteiger charge is 2.27. The molecular formula is C23H34N4O3. The number of β-amino-alcohol motifs (C(OH)–C–C–N with tert-alkyl or cyclic N) is 1. The lowest BCUT2D eigenvalue weighted by Gasteiger charge is -2.36. The second-order valence-electron chi connectivity index (χ2n) is 8.35. The van der Waals surface area contributed by atoms with E-state index in [0.29, 0.717) is 24.0 Å². The van der Waals surface area contributed by atoms with Gasteiger partial charge in [0.05, 0.1) is 12.1 Å². The molecule has 1 amide bonds. The van der Waals surface area contributed by atoms with Crippen molar-refractivity contribution >= 4 is 11.7 Å². The van der Waals surface area contributed by atoms with Crippen molar-refractivity contribution < 1.29 is 14.4 Å². The van der Waals surface area contributed by atoms with Crippen LogP contribution in [0.5, 0.6) is 0 Å². The molecule has 0 radical (unpaired) electrons. The zero-order chi connectivity index (χ0) is 21.5. The van der Waals surface area contributed by atoms with E-state index in [4.69, 9.17) is 4.52 Å². The first kappa shape index (κ1) is 22.5. The number of amides is 1. The van der Waals surface area contributed by atoms with Crippen LogP contribution in [0.25, 0.3) is 0 Å². The Bertz CT molecular complexity index is 787. The van der Waals surface area contributed by atoms with E-state index in [0.717, 1.165) is 44.5 Å². The number of benzene rings is 1. The number of nitrogens with one attached hydrogen (secondary N) is 1. The van der Waals surface area contributed by atoms with Gasteiger partial charge < -0.3 is 19.8 Å². The van der Waals surface area contributed by atoms with Crippen LogP contribution in [0.1, 0.15) is 43.6 Å². The van der Waals surface area contributed by atoms with E-state index in [-0.39, 0.29) is 11.9 Å². The predicted molar refractivity (Wildman–Crippen MR) is 117 cm³/mol. The molecule has 164 valence electrons. The number of hydrogen-bond donors (Lipinski definition) is 2. The molecule has 1 aromatic heterocycles. The summed E-state index contributed by atoms with van der Waals surface area (Å²) in [7, 11) is 2.02. The van der Waals surface area contributed by atoms with Crippen molar-refractivity contribution in [2.45, 2.75) is 45.3 Å². The normalized spacial score (nSPS) is 17.8. The van der Waals surface area contributed by atoms with Gasteiger partial charge in [0.1, 0.15) is 5.76 Å². The van der Waals surface area contributed by atoms with Gasteiger partial charge in [0, 0.05) is 19.2 Å². The fourth-order valence-corrected chi connectivity index (χ4v) is 4.24. The summed E-state index contributed by atoms with van der Waals surface area (Å²) in [6.45, 7) is 7.34. The Labute approximate surface area is 179 Å². The van der Waals surface area contributed by atoms with Gasteiger partial charge >= 0.3 is 0 Å². The zero-order valence-electron chi connectivity index (χ0n) is 18.3. The first-order valence-electron chi connectivity index (χ1n) is 10.9. The van der Waals surface area contributed by atoms with Crippen LogP contribution in [-0.4, -0.2) is 65.2 Å². The number of aromatic nitrogens is 1. The number of piperidine rings is 1. The first-order chi connectivity index (χ1) is 14.5. The third-order valence-electron chi connectivity index (χ3n) is 5.97. The minimum atomic E-state index is -0.446. The number of carbonyl (C=O) groups is 1. The largest absolute Gasteiger partial charge is 0.387 e. The summed E-state index contributed by atoms with van der Waals surface area (Å²) in [5, 5.41) is 17.2. The number of likely N-dealkylation sites (tertiary alicyclic amines) is 1. The molecule has 0 bridgehead atoms. The highest BCUT2D eigenvalue weighted by molar-refractivity contribution is 5.93. The monoisotopic (exact) mass is 414 g/mol. The molecule has 30 heavy (non-hydrogen) atoms. The number of anilines is 1. The van der Waals surface area contributed by atoms with E-state index in [9.17, 15) is 9.90 Å². The molecule has 0 spiro atoms. The average Bonchev–Trinajstić information content (AvgIpc) is 3.15. The molecule has 1 aliphatic heterocycles. The van der Waals surface area contributed by atoms with Crippen LogP contribution in [0.4, 0.5) is 5.82 Å². The number of carbonyl (C=O) groups excluding carboxylic acids is 1. The first-order valence-corrected chi connectivity index (χ1v) is 10.9. The third kappa shape index (κ3) is 6.14. The molecule has 1 fully saturated rings. The smallest absolute Gasteiger partial charge is 0.242 e. The van der Waals surface area contributed by atoms with Gasteiger partial charge in [-0.2, -0.15) is 0 Å². The van der Waals surface area contributed by atoms with Gasteiger partial charge in [-0.1, -0.05) is 42.4 Å². The Balaban J connectivity index is 1.44. The third-order valence-corrected chi connectivity index (χ3v) is 5.97. The van der Waals surface area contributed by atoms with E-state index in [1.165, 1.54) is 0 Å². The van der Waals surface area contributed by atoms with Crippen LogP contribution >= 0.6 is 0 Å². The minimum Gasteiger partial charge on any atom is -0.387 e. The lowest BCUT2D eigenvalue weighted by molar-refractivity contribution is -0.121. The van der Waals surface area contributed by atoms with Crippen molar-refractivity contribution in [2.75, 3.05) is 38.5 Å². The van der Waals surface area contributed by atoms with Crippen LogP contribution in [0, 0.1) is 12.8 Å². The molecule has 0 aliphatic carbocycles. The van der Waals surface area contributed by atoms with Crippen molar-refractivity contribution in [1.29, 1.82) is 0 Å². The molecule has 7 nitrogen and oxygen atoms in total. The molecule has 1 aliphatic rings. The Morgan fingerprint density at radius 3 is 2.63 bits per heavy atom. The molecule has 2 heterocycles. The van der Waals surface area contributed by atoms with Crippen molar-refractivity contribution in [1.82, 2.24) is 15.0 Å². The molecule has 1 saturated heterocycles. The van der Waals surface area contributed by atoms with Gasteiger partial charge in [-0.15, -0.1) is 0 Å². The molecule has 7 heteroatoms. The zero-order valence-corrected chi connectivity index (χ0v) is 18.3. The fraction of sp³-hybridized carbons (Fsp3) is 0.565. The van der Waals surface area contributed by atoms with E-state index < -0.39 is 6.10 Å². The van der Waals surface area contributed by atoms with Gasteiger partial charge in [0.2, 0.25) is 5.91 Å². The van der Waals surface area contributed by atoms with E-state index in [1.807, 2.05) is 44.3 Å². The van der Waals surface area contributed by atoms with E-state index in [1.54, 1.807) is 13.0 Å². The Morgan fingerprint density at radius 1 is 1.33 bits per heavy atom. The average molecular weight is 415 g/mol. The number of nitrogens with zero attached hydrogens (tertiary/aromatic N) is 3. The Kier molecular flexibility index (Phi) is 8.01. The second-order valence-corrected chi connectivity index (χ2v) is 8.35. The summed E-state index contributed by atoms with van der Waals surface area (Å²) >= 11 is 0. The van der Waals surface area contributed by atoms with Crippen molar-refractivity contribution in [3.63, 3.8) is 0 Å². The SMILES string of the molecule is CCC(C(=O)Nc1cc(C)on1)N(C)CC1CCN(CC(O)c2ccccc2)CC1. The summed E-state index contributed by atoms with van der Waals surface area (Å²) < 4.78 is 5.03. The molecule has 0 saturated carbocycles. The molecule has 3 rings (SSSR count). The van der Waals surface area contributed by atoms with Crippen molar-refractivity contribution in [2.24, 2.45) is 5.92 Å². The lowest BCUT2D eigenvalue weighted by Crippen LogP contribution is -2.45. The number of rotatable bonds is 9. The van der Waals surface area contributed by atoms with Gasteiger partial charge in [0.15, 0.2) is 5.82 Å². The standard InChI is InChI=1S/C23H34N4O3/c1-4-20(23(29)24-22-14-17(2)30-25-22)26(3)15-18-10-12-27(13-11-18)16-21(28)19-8-6-5-7-9-19/h5-9,14,18,20-21,28H,4,10-13,15-16H2,1-3H3,(H,24,25,29). The molecule has 2 N–H and O–H groups in total. The van der Waals surface area contributed by atoms with Crippen LogP contribution in [-0.2, 0) is 4.79 Å². The molecule has 2 aromatic rings. The van der Waals surface area contributed by atoms with E-state index in [2.05, 4.69) is 20.3 Å². The number of hydrogen-bond acceptors (Lipinski definition) is 6. The second kappa shape index (κ2) is 10.7. The molecular weight excluding hydrogens is 380 g/mol. The number of likely N-dealkylation sites (N-methyl/N-ethyl adjacent to an activating group) is 1. The quantitative estimate of drug-likeness (QED) is 0.656. The van der Waals surface area contributed by atoms with Crippen LogP contribution < -0.4 is 5.32 Å². The maximum absolute atomic E-state index is 12.7. The summed E-state index contributed by atoms with van der Waals surface area (Å²) in [6, 6.07) is 11.4. The van der Waals surface area contributed by atoms with Gasteiger partial charge in [-0.25, -0.2) is 0 Å². The van der Waals surface area contributed by atoms with Crippen LogP contribution in [0.2, 0.25) is 0 Å². The Hall–Kier alpha value is -2.22. The fourth-order valence-electron chi connectivity index (χ4n) is 4.24. The van der Waals surface area contributed by atoms with Crippen molar-refractivity contribution in [3.8, 4) is 0 Å². The molecule has 2 atom stereocenters. The van der Waals surface area contributed by atoms with Crippen LogP contribution in [0.15, 0.2) is 40.9 Å². The number of aliphatic hydroxyl groups is 1. The lowest BCUT2D eigenvalue weighted by atomic mass is 9.95. The minimum absolute atomic E-state index is 0.0447. The summed E-state index contributed by atoms with van der Waals surface area (Å²) in [5.74, 6) is 1.65. The summed E-state index contributed by atoms with van der Waals surface area (Å²) in [6.07, 6.45) is 2.44. The summed E-state index contributed by atoms with van der Waals surface area (Å²) in [4.78, 5) is 17.2. The number of aliphatic hydroxyl groups excluding tert-OH is 1. The summed E-state index contributed by atoms with van der Waals surface area (Å²) in [5.41, 5.74) is 0.971. The van der Waals surface area contributed by atoms with Gasteiger partial charge in [0.25, 0.3) is 0 Å². The Morgan fingerprint density at radius 2 is 2.03 bits per heavy atom. The topological polar surface area (TPSA) is 81.8 Å². The van der Waals surface area contributed by atoms with Crippen molar-refractivity contribution in [3.05, 3.63) is 47.7 Å². The predicted octanol–water partition coefficient (Wildman–Crippen LogP) is 3.08. The maximum Gasteiger partial charge on any atom is 0.242 e. The van der Waals surface area contributed by atoms with Gasteiger partial charge in [-0.05, 0) is 57.8 Å². The number of aryl methyl sites for hydroxylation is 1. The maximum atomic E-state index is 12.7. The van der Waals surface area contributed by atoms with E-state index >= 15 is 0 Å². The van der Waals surface area contributed by atoms with Gasteiger partial charge in [-0.3, -0.25) is 9.69 Å². The highest BCUT2D eigenvalue weighted by Crippen LogP contribution is 2.22. The molecule has 1 aromatic carbocycles. The molecule has 2 unspecified atom stereocenters.